The molecule has 3 heterocycles. The molecule has 0 radical (unpaired) electrons. The molecule has 0 unspecified atom stereocenters. The van der Waals surface area contributed by atoms with E-state index in [0.29, 0.717) is 5.88 Å². The van der Waals surface area contributed by atoms with Crippen LogP contribution in [-0.2, 0) is 0 Å². The van der Waals surface area contributed by atoms with Crippen LogP contribution in [0.1, 0.15) is 0 Å². The SMILES string of the molecule is c1ccc(-c2ccnc(Oc3cccc(-c4ccc5c6ccccc6n(-c6cccc(-c7ccccc7)n6)c5c4)c3)c2)cc1. The third kappa shape index (κ3) is 4.79. The summed E-state index contributed by atoms with van der Waals surface area (Å²) in [5, 5.41) is 2.38. The standard InChI is InChI=1S/C40H27N3O/c1-3-11-28(12-4-1)32-23-24-41-40(27-32)44-33-16-9-15-30(25-33)31-21-22-35-34-17-7-8-19-37(34)43(38(35)26-31)39-20-10-18-36(42-39)29-13-5-2-6-14-29/h1-27H. The van der Waals surface area contributed by atoms with Gasteiger partial charge in [0, 0.05) is 28.6 Å². The average molecular weight is 566 g/mol. The van der Waals surface area contributed by atoms with Gasteiger partial charge in [0.15, 0.2) is 0 Å². The van der Waals surface area contributed by atoms with Crippen molar-refractivity contribution in [3.8, 4) is 51.0 Å². The molecule has 8 rings (SSSR count). The van der Waals surface area contributed by atoms with E-state index < -0.39 is 0 Å². The van der Waals surface area contributed by atoms with E-state index >= 15 is 0 Å². The van der Waals surface area contributed by atoms with Gasteiger partial charge < -0.3 is 4.74 Å². The Hall–Kier alpha value is -6.00. The van der Waals surface area contributed by atoms with Crippen LogP contribution in [0.4, 0.5) is 0 Å². The van der Waals surface area contributed by atoms with E-state index in [0.717, 1.165) is 56.1 Å². The summed E-state index contributed by atoms with van der Waals surface area (Å²) in [6.45, 7) is 0. The molecular weight excluding hydrogens is 538 g/mol. The molecule has 8 aromatic rings. The summed E-state index contributed by atoms with van der Waals surface area (Å²) < 4.78 is 8.52. The highest BCUT2D eigenvalue weighted by molar-refractivity contribution is 6.10. The van der Waals surface area contributed by atoms with Crippen molar-refractivity contribution >= 4 is 21.8 Å². The van der Waals surface area contributed by atoms with Crippen molar-refractivity contribution in [3.05, 3.63) is 164 Å². The number of hydrogen-bond donors (Lipinski definition) is 0. The van der Waals surface area contributed by atoms with Crippen molar-refractivity contribution in [3.63, 3.8) is 0 Å². The average Bonchev–Trinajstić information content (AvgIpc) is 3.43. The van der Waals surface area contributed by atoms with Crippen molar-refractivity contribution in [1.82, 2.24) is 14.5 Å². The summed E-state index contributed by atoms with van der Waals surface area (Å²) in [5.74, 6) is 2.18. The number of benzene rings is 5. The van der Waals surface area contributed by atoms with Crippen LogP contribution in [0.2, 0.25) is 0 Å². The molecule has 0 aliphatic rings. The second-order valence-corrected chi connectivity index (χ2v) is 10.7. The number of aromatic nitrogens is 3. The van der Waals surface area contributed by atoms with Crippen LogP contribution in [0.5, 0.6) is 11.6 Å². The lowest BCUT2D eigenvalue weighted by Crippen LogP contribution is -1.98. The van der Waals surface area contributed by atoms with E-state index in [9.17, 15) is 0 Å². The smallest absolute Gasteiger partial charge is 0.219 e. The largest absolute Gasteiger partial charge is 0.439 e. The van der Waals surface area contributed by atoms with E-state index in [1.807, 2.05) is 60.7 Å². The third-order valence-corrected chi connectivity index (χ3v) is 7.94. The minimum absolute atomic E-state index is 0.559. The number of para-hydroxylation sites is 1. The molecule has 0 N–H and O–H groups in total. The van der Waals surface area contributed by atoms with Gasteiger partial charge in [-0.2, -0.15) is 0 Å². The highest BCUT2D eigenvalue weighted by atomic mass is 16.5. The van der Waals surface area contributed by atoms with E-state index in [1.54, 1.807) is 6.20 Å². The van der Waals surface area contributed by atoms with Gasteiger partial charge >= 0.3 is 0 Å². The molecule has 0 saturated carbocycles. The molecule has 4 heteroatoms. The van der Waals surface area contributed by atoms with Crippen molar-refractivity contribution in [2.75, 3.05) is 0 Å². The number of pyridine rings is 2. The van der Waals surface area contributed by atoms with Gasteiger partial charge in [-0.3, -0.25) is 4.57 Å². The van der Waals surface area contributed by atoms with Crippen LogP contribution < -0.4 is 4.74 Å². The zero-order valence-electron chi connectivity index (χ0n) is 23.8. The molecule has 4 nitrogen and oxygen atoms in total. The van der Waals surface area contributed by atoms with Gasteiger partial charge in [-0.25, -0.2) is 9.97 Å². The first-order valence-electron chi connectivity index (χ1n) is 14.7. The fourth-order valence-corrected chi connectivity index (χ4v) is 5.85. The Balaban J connectivity index is 1.19. The number of nitrogens with zero attached hydrogens (tertiary/aromatic N) is 3. The fourth-order valence-electron chi connectivity index (χ4n) is 5.85. The Labute approximate surface area is 255 Å². The first-order valence-corrected chi connectivity index (χ1v) is 14.7. The van der Waals surface area contributed by atoms with Crippen molar-refractivity contribution in [2.45, 2.75) is 0 Å². The second kappa shape index (κ2) is 11.0. The molecule has 5 aromatic carbocycles. The van der Waals surface area contributed by atoms with E-state index in [4.69, 9.17) is 9.72 Å². The van der Waals surface area contributed by atoms with Gasteiger partial charge in [0.25, 0.3) is 0 Å². The topological polar surface area (TPSA) is 39.9 Å². The Kier molecular flexibility index (Phi) is 6.43. The first-order chi connectivity index (χ1) is 21.8. The lowest BCUT2D eigenvalue weighted by molar-refractivity contribution is 0.463. The van der Waals surface area contributed by atoms with Gasteiger partial charge in [-0.05, 0) is 64.7 Å². The summed E-state index contributed by atoms with van der Waals surface area (Å²) in [7, 11) is 0. The van der Waals surface area contributed by atoms with E-state index in [-0.39, 0.29) is 0 Å². The van der Waals surface area contributed by atoms with E-state index in [2.05, 4.69) is 107 Å². The van der Waals surface area contributed by atoms with Crippen molar-refractivity contribution in [1.29, 1.82) is 0 Å². The first kappa shape index (κ1) is 25.7. The molecule has 0 aliphatic heterocycles. The maximum atomic E-state index is 6.26. The van der Waals surface area contributed by atoms with Crippen LogP contribution in [0.25, 0.3) is 61.1 Å². The summed E-state index contributed by atoms with van der Waals surface area (Å²) in [6.07, 6.45) is 1.79. The van der Waals surface area contributed by atoms with Gasteiger partial charge in [-0.1, -0.05) is 109 Å². The Morgan fingerprint density at radius 3 is 2.00 bits per heavy atom. The highest BCUT2D eigenvalue weighted by Crippen LogP contribution is 2.36. The van der Waals surface area contributed by atoms with Crippen LogP contribution in [0.15, 0.2) is 164 Å². The minimum atomic E-state index is 0.559. The Morgan fingerprint density at radius 2 is 1.14 bits per heavy atom. The summed E-state index contributed by atoms with van der Waals surface area (Å²) in [4.78, 5) is 9.58. The molecule has 44 heavy (non-hydrogen) atoms. The number of fused-ring (bicyclic) bond motifs is 3. The molecular formula is C40H27N3O. The molecule has 0 spiro atoms. The third-order valence-electron chi connectivity index (χ3n) is 7.94. The molecule has 0 aliphatic carbocycles. The highest BCUT2D eigenvalue weighted by Gasteiger charge is 2.15. The van der Waals surface area contributed by atoms with Crippen LogP contribution >= 0.6 is 0 Å². The predicted molar refractivity (Wildman–Crippen MR) is 179 cm³/mol. The van der Waals surface area contributed by atoms with Crippen LogP contribution in [-0.4, -0.2) is 14.5 Å². The van der Waals surface area contributed by atoms with Gasteiger partial charge in [0.1, 0.15) is 11.6 Å². The number of hydrogen-bond acceptors (Lipinski definition) is 3. The number of rotatable bonds is 6. The molecule has 0 atom stereocenters. The second-order valence-electron chi connectivity index (χ2n) is 10.7. The monoisotopic (exact) mass is 565 g/mol. The van der Waals surface area contributed by atoms with Crippen LogP contribution in [0.3, 0.4) is 0 Å². The summed E-state index contributed by atoms with van der Waals surface area (Å²) in [6, 6.07) is 54.1. The zero-order valence-corrected chi connectivity index (χ0v) is 23.8. The zero-order chi connectivity index (χ0) is 29.3. The van der Waals surface area contributed by atoms with E-state index in [1.165, 1.54) is 10.8 Å². The van der Waals surface area contributed by atoms with Gasteiger partial charge in [0.05, 0.1) is 16.7 Å². The van der Waals surface area contributed by atoms with Gasteiger partial charge in [-0.15, -0.1) is 0 Å². The quantitative estimate of drug-likeness (QED) is 0.201. The minimum Gasteiger partial charge on any atom is -0.439 e. The van der Waals surface area contributed by atoms with Gasteiger partial charge in [0.2, 0.25) is 5.88 Å². The molecule has 3 aromatic heterocycles. The molecule has 0 amide bonds. The summed E-state index contributed by atoms with van der Waals surface area (Å²) in [5.41, 5.74) is 8.61. The van der Waals surface area contributed by atoms with Crippen LogP contribution in [0, 0.1) is 0 Å². The molecule has 0 fully saturated rings. The molecule has 208 valence electrons. The maximum Gasteiger partial charge on any atom is 0.219 e. The lowest BCUT2D eigenvalue weighted by atomic mass is 10.0. The Bertz CT molecular complexity index is 2260. The molecule has 0 bridgehead atoms. The summed E-state index contributed by atoms with van der Waals surface area (Å²) >= 11 is 0. The Morgan fingerprint density at radius 1 is 0.455 bits per heavy atom. The maximum absolute atomic E-state index is 6.26. The van der Waals surface area contributed by atoms with Crippen molar-refractivity contribution < 1.29 is 4.74 Å². The fraction of sp³-hybridized carbons (Fsp3) is 0. The normalized spacial score (nSPS) is 11.2. The predicted octanol–water partition coefficient (Wildman–Crippen LogP) is 10.4. The number of ether oxygens (including phenoxy) is 1. The molecule has 0 saturated heterocycles. The van der Waals surface area contributed by atoms with Crippen molar-refractivity contribution in [2.24, 2.45) is 0 Å². The lowest BCUT2D eigenvalue weighted by Gasteiger charge is -2.11.